The van der Waals surface area contributed by atoms with Gasteiger partial charge in [0, 0.05) is 6.20 Å². The van der Waals surface area contributed by atoms with Crippen molar-refractivity contribution in [2.24, 2.45) is 0 Å². The molecule has 2 heterocycles. The zero-order valence-electron chi connectivity index (χ0n) is 12.6. The summed E-state index contributed by atoms with van der Waals surface area (Å²) in [6, 6.07) is 7.47. The molecule has 8 heteroatoms. The van der Waals surface area contributed by atoms with E-state index in [-0.39, 0.29) is 16.9 Å². The van der Waals surface area contributed by atoms with Crippen LogP contribution in [0.3, 0.4) is 0 Å². The van der Waals surface area contributed by atoms with Crippen LogP contribution < -0.4 is 10.3 Å². The van der Waals surface area contributed by atoms with Gasteiger partial charge in [-0.25, -0.2) is 10.1 Å². The van der Waals surface area contributed by atoms with Crippen LogP contribution in [0.5, 0.6) is 5.75 Å². The summed E-state index contributed by atoms with van der Waals surface area (Å²) in [6.45, 7) is 2.73. The number of nitrogens with one attached hydrogen (secondary N) is 2. The van der Waals surface area contributed by atoms with E-state index in [0.717, 1.165) is 18.4 Å². The van der Waals surface area contributed by atoms with Crippen LogP contribution >= 0.6 is 0 Å². The molecule has 2 aromatic heterocycles. The van der Waals surface area contributed by atoms with E-state index in [1.807, 2.05) is 24.3 Å². The molecule has 0 fully saturated rings. The Balaban J connectivity index is 1.93. The van der Waals surface area contributed by atoms with Gasteiger partial charge in [0.25, 0.3) is 5.56 Å². The minimum Gasteiger partial charge on any atom is -0.493 e. The summed E-state index contributed by atoms with van der Waals surface area (Å²) in [4.78, 5) is 19.3. The quantitative estimate of drug-likeness (QED) is 0.672. The molecule has 0 saturated heterocycles. The number of rotatable bonds is 6. The molecule has 8 nitrogen and oxygen atoms in total. The minimum absolute atomic E-state index is 0.276. The number of benzene rings is 1. The van der Waals surface area contributed by atoms with E-state index in [1.54, 1.807) is 0 Å². The number of unbranched alkanes of at least 4 members (excludes halogenated alkanes) is 1. The number of aromatic amines is 2. The van der Waals surface area contributed by atoms with Gasteiger partial charge in [-0.3, -0.25) is 4.79 Å². The fraction of sp³-hybridized carbons (Fsp3) is 0.267. The number of hydrogen-bond donors (Lipinski definition) is 2. The van der Waals surface area contributed by atoms with E-state index >= 15 is 0 Å². The molecule has 0 spiro atoms. The SMILES string of the molecule is CCCCOc1ccccc1-c1ncc(-c2nnn[nH]2)c(=O)[nH]1. The maximum Gasteiger partial charge on any atom is 0.262 e. The van der Waals surface area contributed by atoms with Gasteiger partial charge in [-0.1, -0.05) is 25.5 Å². The maximum atomic E-state index is 12.2. The lowest BCUT2D eigenvalue weighted by Gasteiger charge is -2.10. The van der Waals surface area contributed by atoms with E-state index in [9.17, 15) is 4.79 Å². The Kier molecular flexibility index (Phi) is 4.41. The van der Waals surface area contributed by atoms with Crippen molar-refractivity contribution in [2.45, 2.75) is 19.8 Å². The average molecular weight is 312 g/mol. The number of hydrogen-bond acceptors (Lipinski definition) is 6. The van der Waals surface area contributed by atoms with Crippen molar-refractivity contribution in [3.63, 3.8) is 0 Å². The van der Waals surface area contributed by atoms with Gasteiger partial charge in [-0.15, -0.1) is 5.10 Å². The molecular formula is C15H16N6O2. The molecule has 3 aromatic rings. The first kappa shape index (κ1) is 14.9. The van der Waals surface area contributed by atoms with Crippen molar-refractivity contribution < 1.29 is 4.74 Å². The standard InChI is InChI=1S/C15H16N6O2/c1-2-3-8-23-12-7-5-4-6-10(12)13-16-9-11(15(22)17-13)14-18-20-21-19-14/h4-7,9H,2-3,8H2,1H3,(H,16,17,22)(H,18,19,20,21). The second-order valence-electron chi connectivity index (χ2n) is 4.92. The van der Waals surface area contributed by atoms with Gasteiger partial charge >= 0.3 is 0 Å². The average Bonchev–Trinajstić information content (AvgIpc) is 3.10. The molecular weight excluding hydrogens is 296 g/mol. The molecule has 0 aliphatic heterocycles. The highest BCUT2D eigenvalue weighted by Crippen LogP contribution is 2.26. The fourth-order valence-electron chi connectivity index (χ4n) is 2.09. The van der Waals surface area contributed by atoms with Crippen molar-refractivity contribution in [3.8, 4) is 28.5 Å². The molecule has 118 valence electrons. The number of nitrogens with zero attached hydrogens (tertiary/aromatic N) is 4. The van der Waals surface area contributed by atoms with Crippen molar-refractivity contribution in [3.05, 3.63) is 40.8 Å². The lowest BCUT2D eigenvalue weighted by molar-refractivity contribution is 0.310. The fourth-order valence-corrected chi connectivity index (χ4v) is 2.09. The smallest absolute Gasteiger partial charge is 0.262 e. The highest BCUT2D eigenvalue weighted by atomic mass is 16.5. The largest absolute Gasteiger partial charge is 0.493 e. The zero-order valence-corrected chi connectivity index (χ0v) is 12.6. The van der Waals surface area contributed by atoms with Crippen LogP contribution in [0.2, 0.25) is 0 Å². The van der Waals surface area contributed by atoms with Gasteiger partial charge in [0.15, 0.2) is 5.82 Å². The van der Waals surface area contributed by atoms with E-state index in [0.29, 0.717) is 18.2 Å². The summed E-state index contributed by atoms with van der Waals surface area (Å²) in [5.41, 5.74) is 0.697. The molecule has 3 rings (SSSR count). The molecule has 1 aromatic carbocycles. The molecule has 0 saturated carbocycles. The van der Waals surface area contributed by atoms with Crippen molar-refractivity contribution in [2.75, 3.05) is 6.61 Å². The van der Waals surface area contributed by atoms with Gasteiger partial charge in [0.05, 0.1) is 12.2 Å². The van der Waals surface area contributed by atoms with E-state index in [1.165, 1.54) is 6.20 Å². The Labute approximate surface area is 131 Å². The Hall–Kier alpha value is -3.03. The maximum absolute atomic E-state index is 12.2. The van der Waals surface area contributed by atoms with Gasteiger partial charge in [-0.2, -0.15) is 0 Å². The first-order valence-electron chi connectivity index (χ1n) is 7.35. The van der Waals surface area contributed by atoms with Crippen LogP contribution in [0.15, 0.2) is 35.3 Å². The molecule has 23 heavy (non-hydrogen) atoms. The highest BCUT2D eigenvalue weighted by molar-refractivity contribution is 5.65. The Morgan fingerprint density at radius 1 is 1.17 bits per heavy atom. The summed E-state index contributed by atoms with van der Waals surface area (Å²) < 4.78 is 5.77. The summed E-state index contributed by atoms with van der Waals surface area (Å²) in [6.07, 6.45) is 3.46. The van der Waals surface area contributed by atoms with Gasteiger partial charge < -0.3 is 9.72 Å². The monoisotopic (exact) mass is 312 g/mol. The van der Waals surface area contributed by atoms with Gasteiger partial charge in [0.2, 0.25) is 0 Å². The number of para-hydroxylation sites is 1. The second-order valence-corrected chi connectivity index (χ2v) is 4.92. The van der Waals surface area contributed by atoms with Crippen LogP contribution in [0.4, 0.5) is 0 Å². The number of H-pyrrole nitrogens is 2. The Morgan fingerprint density at radius 2 is 2.04 bits per heavy atom. The zero-order chi connectivity index (χ0) is 16.1. The third-order valence-electron chi connectivity index (χ3n) is 3.30. The predicted octanol–water partition coefficient (Wildman–Crippen LogP) is 1.80. The highest BCUT2D eigenvalue weighted by Gasteiger charge is 2.12. The lowest BCUT2D eigenvalue weighted by atomic mass is 10.2. The van der Waals surface area contributed by atoms with Crippen LogP contribution in [-0.2, 0) is 0 Å². The van der Waals surface area contributed by atoms with Gasteiger partial charge in [-0.05, 0) is 29.0 Å². The lowest BCUT2D eigenvalue weighted by Crippen LogP contribution is -2.12. The van der Waals surface area contributed by atoms with Crippen molar-refractivity contribution in [1.29, 1.82) is 0 Å². The third kappa shape index (κ3) is 3.25. The van der Waals surface area contributed by atoms with E-state index in [2.05, 4.69) is 37.5 Å². The van der Waals surface area contributed by atoms with Crippen LogP contribution in [0.1, 0.15) is 19.8 Å². The topological polar surface area (TPSA) is 109 Å². The van der Waals surface area contributed by atoms with E-state index in [4.69, 9.17) is 4.74 Å². The molecule has 2 N–H and O–H groups in total. The number of ether oxygens (including phenoxy) is 1. The van der Waals surface area contributed by atoms with Gasteiger partial charge in [0.1, 0.15) is 17.1 Å². The second kappa shape index (κ2) is 6.82. The first-order chi connectivity index (χ1) is 11.3. The van der Waals surface area contributed by atoms with Crippen molar-refractivity contribution in [1.82, 2.24) is 30.6 Å². The molecule has 0 aliphatic carbocycles. The number of aromatic nitrogens is 6. The van der Waals surface area contributed by atoms with Crippen LogP contribution in [0.25, 0.3) is 22.8 Å². The predicted molar refractivity (Wildman–Crippen MR) is 83.9 cm³/mol. The summed E-state index contributed by atoms with van der Waals surface area (Å²) in [5.74, 6) is 1.41. The Morgan fingerprint density at radius 3 is 2.78 bits per heavy atom. The normalized spacial score (nSPS) is 10.7. The molecule has 0 radical (unpaired) electrons. The third-order valence-corrected chi connectivity index (χ3v) is 3.30. The molecule has 0 atom stereocenters. The minimum atomic E-state index is -0.322. The Bertz CT molecular complexity index is 828. The van der Waals surface area contributed by atoms with Crippen molar-refractivity contribution >= 4 is 0 Å². The van der Waals surface area contributed by atoms with Crippen LogP contribution in [-0.4, -0.2) is 37.2 Å². The first-order valence-corrected chi connectivity index (χ1v) is 7.35. The summed E-state index contributed by atoms with van der Waals surface area (Å²) >= 11 is 0. The van der Waals surface area contributed by atoms with Crippen LogP contribution in [0, 0.1) is 0 Å². The molecule has 0 aliphatic rings. The summed E-state index contributed by atoms with van der Waals surface area (Å²) in [5, 5.41) is 13.2. The molecule has 0 bridgehead atoms. The molecule has 0 unspecified atom stereocenters. The number of tetrazole rings is 1. The summed E-state index contributed by atoms with van der Waals surface area (Å²) in [7, 11) is 0. The van der Waals surface area contributed by atoms with E-state index < -0.39 is 0 Å². The molecule has 0 amide bonds.